The number of phenolic OH excluding ortho intramolecular Hbond substituents is 2. The topological polar surface area (TPSA) is 57.5 Å². The summed E-state index contributed by atoms with van der Waals surface area (Å²) in [7, 11) is 0. The first-order chi connectivity index (χ1) is 13.8. The van der Waals surface area contributed by atoms with Gasteiger partial charge in [0.05, 0.1) is 5.56 Å². The normalized spacial score (nSPS) is 17.2. The highest BCUT2D eigenvalue weighted by Gasteiger charge is 2.16. The summed E-state index contributed by atoms with van der Waals surface area (Å²) in [6, 6.07) is 2.98. The number of rotatable bonds is 9. The van der Waals surface area contributed by atoms with Crippen molar-refractivity contribution in [1.82, 2.24) is 0 Å². The quantitative estimate of drug-likeness (QED) is 0.279. The lowest BCUT2D eigenvalue weighted by molar-refractivity contribution is 0.104. The molecule has 1 aliphatic rings. The lowest BCUT2D eigenvalue weighted by Crippen LogP contribution is -2.01. The number of phenols is 2. The molecule has 0 saturated carbocycles. The minimum Gasteiger partial charge on any atom is -0.508 e. The van der Waals surface area contributed by atoms with E-state index in [0.717, 1.165) is 19.3 Å². The number of carbonyl (C=O) groups is 1. The molecule has 1 atom stereocenters. The molecule has 1 unspecified atom stereocenters. The average molecular weight is 395 g/mol. The van der Waals surface area contributed by atoms with Crippen LogP contribution in [0.1, 0.15) is 69.3 Å². The third kappa shape index (κ3) is 7.08. The first-order valence-corrected chi connectivity index (χ1v) is 10.5. The third-order valence-electron chi connectivity index (χ3n) is 5.34. The van der Waals surface area contributed by atoms with E-state index < -0.39 is 0 Å². The molecule has 0 amide bonds. The second kappa shape index (κ2) is 10.8. The summed E-state index contributed by atoms with van der Waals surface area (Å²) >= 11 is 0. The summed E-state index contributed by atoms with van der Waals surface area (Å²) in [5.41, 5.74) is 3.10. The zero-order valence-electron chi connectivity index (χ0n) is 18.1. The third-order valence-corrected chi connectivity index (χ3v) is 5.34. The highest BCUT2D eigenvalue weighted by molar-refractivity contribution is 6.07. The van der Waals surface area contributed by atoms with E-state index in [-0.39, 0.29) is 28.8 Å². The second-order valence-corrected chi connectivity index (χ2v) is 8.43. The summed E-state index contributed by atoms with van der Waals surface area (Å²) in [6.07, 6.45) is 16.3. The minimum atomic E-state index is -0.249. The van der Waals surface area contributed by atoms with Crippen molar-refractivity contribution < 1.29 is 15.0 Å². The van der Waals surface area contributed by atoms with E-state index in [1.165, 1.54) is 35.8 Å². The molecular formula is C26H34O3. The molecule has 0 spiro atoms. The lowest BCUT2D eigenvalue weighted by atomic mass is 9.95. The number of carbonyl (C=O) groups excluding carboxylic acids is 1. The summed E-state index contributed by atoms with van der Waals surface area (Å²) in [4.78, 5) is 12.6. The molecule has 2 rings (SSSR count). The number of ketones is 1. The van der Waals surface area contributed by atoms with Gasteiger partial charge in [0.1, 0.15) is 11.5 Å². The van der Waals surface area contributed by atoms with Gasteiger partial charge >= 0.3 is 0 Å². The number of allylic oxidation sites excluding steroid dienone is 8. The number of aromatic hydroxyl groups is 2. The van der Waals surface area contributed by atoms with Gasteiger partial charge in [0.25, 0.3) is 0 Å². The van der Waals surface area contributed by atoms with Crippen LogP contribution in [-0.4, -0.2) is 16.0 Å². The van der Waals surface area contributed by atoms with Crippen molar-refractivity contribution in [3.05, 3.63) is 70.9 Å². The SMILES string of the molecule is CC1=CCC(/C=C/C(=O)c2ccc(O)c(C/C=C(\C)CCCC(C)C)c2O)C=C1. The monoisotopic (exact) mass is 394 g/mol. The smallest absolute Gasteiger partial charge is 0.189 e. The van der Waals surface area contributed by atoms with Gasteiger partial charge in [-0.1, -0.05) is 61.8 Å². The maximum absolute atomic E-state index is 12.6. The van der Waals surface area contributed by atoms with Gasteiger partial charge in [0.2, 0.25) is 0 Å². The lowest BCUT2D eigenvalue weighted by Gasteiger charge is -2.11. The largest absolute Gasteiger partial charge is 0.508 e. The van der Waals surface area contributed by atoms with Crippen LogP contribution in [0.3, 0.4) is 0 Å². The fourth-order valence-electron chi connectivity index (χ4n) is 3.38. The summed E-state index contributed by atoms with van der Waals surface area (Å²) in [5.74, 6) is 0.528. The number of hydrogen-bond acceptors (Lipinski definition) is 3. The molecule has 3 heteroatoms. The van der Waals surface area contributed by atoms with Crippen LogP contribution in [0.25, 0.3) is 0 Å². The zero-order valence-corrected chi connectivity index (χ0v) is 18.1. The molecular weight excluding hydrogens is 360 g/mol. The van der Waals surface area contributed by atoms with Crippen LogP contribution in [0, 0.1) is 11.8 Å². The Morgan fingerprint density at radius 2 is 2.03 bits per heavy atom. The van der Waals surface area contributed by atoms with Gasteiger partial charge in [0.15, 0.2) is 5.78 Å². The Hall–Kier alpha value is -2.55. The minimum absolute atomic E-state index is 0.0186. The standard InChI is InChI=1S/C26H34O3/c1-18(2)6-5-7-19(3)10-14-22-25(28)17-15-23(26(22)29)24(27)16-13-21-11-8-20(4)9-12-21/h8-11,13,15-18,21,28-29H,5-7,12,14H2,1-4H3/b16-13+,19-10+. The van der Waals surface area contributed by atoms with Gasteiger partial charge < -0.3 is 10.2 Å². The Bertz CT molecular complexity index is 838. The Labute approximate surface area is 175 Å². The zero-order chi connectivity index (χ0) is 21.4. The first kappa shape index (κ1) is 22.7. The van der Waals surface area contributed by atoms with Gasteiger partial charge in [-0.2, -0.15) is 0 Å². The van der Waals surface area contributed by atoms with Crippen molar-refractivity contribution in [3.63, 3.8) is 0 Å². The van der Waals surface area contributed by atoms with Crippen LogP contribution in [0.2, 0.25) is 0 Å². The highest BCUT2D eigenvalue weighted by atomic mass is 16.3. The Balaban J connectivity index is 2.07. The predicted octanol–water partition coefficient (Wildman–Crippen LogP) is 6.67. The van der Waals surface area contributed by atoms with Gasteiger partial charge in [-0.3, -0.25) is 4.79 Å². The second-order valence-electron chi connectivity index (χ2n) is 8.43. The van der Waals surface area contributed by atoms with Crippen molar-refractivity contribution in [3.8, 4) is 11.5 Å². The predicted molar refractivity (Wildman–Crippen MR) is 120 cm³/mol. The molecule has 0 saturated heterocycles. The van der Waals surface area contributed by atoms with Crippen molar-refractivity contribution in [2.45, 2.75) is 59.8 Å². The van der Waals surface area contributed by atoms with E-state index >= 15 is 0 Å². The first-order valence-electron chi connectivity index (χ1n) is 10.5. The van der Waals surface area contributed by atoms with Crippen LogP contribution in [-0.2, 0) is 6.42 Å². The van der Waals surface area contributed by atoms with Gasteiger partial charge in [-0.15, -0.1) is 0 Å². The van der Waals surface area contributed by atoms with Gasteiger partial charge in [-0.05, 0) is 69.6 Å². The van der Waals surface area contributed by atoms with E-state index in [1.807, 2.05) is 12.2 Å². The molecule has 0 aromatic heterocycles. The summed E-state index contributed by atoms with van der Waals surface area (Å²) < 4.78 is 0. The van der Waals surface area contributed by atoms with E-state index in [2.05, 4.69) is 45.9 Å². The molecule has 0 bridgehead atoms. The fraction of sp³-hybridized carbons (Fsp3) is 0.423. The Morgan fingerprint density at radius 3 is 2.69 bits per heavy atom. The molecule has 0 aliphatic heterocycles. The molecule has 1 aromatic carbocycles. The maximum Gasteiger partial charge on any atom is 0.189 e. The van der Waals surface area contributed by atoms with Crippen molar-refractivity contribution in [2.75, 3.05) is 0 Å². The Morgan fingerprint density at radius 1 is 1.28 bits per heavy atom. The molecule has 29 heavy (non-hydrogen) atoms. The summed E-state index contributed by atoms with van der Waals surface area (Å²) in [6.45, 7) is 8.56. The van der Waals surface area contributed by atoms with Crippen molar-refractivity contribution >= 4 is 5.78 Å². The molecule has 2 N–H and O–H groups in total. The molecule has 1 aromatic rings. The van der Waals surface area contributed by atoms with Crippen molar-refractivity contribution in [1.29, 1.82) is 0 Å². The van der Waals surface area contributed by atoms with E-state index in [4.69, 9.17) is 0 Å². The highest BCUT2D eigenvalue weighted by Crippen LogP contribution is 2.32. The molecule has 1 aliphatic carbocycles. The number of benzene rings is 1. The molecule has 3 nitrogen and oxygen atoms in total. The fourth-order valence-corrected chi connectivity index (χ4v) is 3.38. The van der Waals surface area contributed by atoms with E-state index in [0.29, 0.717) is 17.9 Å². The molecule has 0 heterocycles. The average Bonchev–Trinajstić information content (AvgIpc) is 2.67. The molecule has 156 valence electrons. The Kier molecular flexibility index (Phi) is 8.50. The number of hydrogen-bond donors (Lipinski definition) is 2. The molecule has 0 radical (unpaired) electrons. The van der Waals surface area contributed by atoms with Crippen LogP contribution in [0.15, 0.2) is 59.7 Å². The van der Waals surface area contributed by atoms with Crippen molar-refractivity contribution in [2.24, 2.45) is 11.8 Å². The van der Waals surface area contributed by atoms with E-state index in [1.54, 1.807) is 0 Å². The van der Waals surface area contributed by atoms with Gasteiger partial charge in [-0.25, -0.2) is 0 Å². The van der Waals surface area contributed by atoms with Crippen LogP contribution in [0.5, 0.6) is 11.5 Å². The van der Waals surface area contributed by atoms with Crippen LogP contribution < -0.4 is 0 Å². The summed E-state index contributed by atoms with van der Waals surface area (Å²) in [5, 5.41) is 20.8. The van der Waals surface area contributed by atoms with E-state index in [9.17, 15) is 15.0 Å². The van der Waals surface area contributed by atoms with Crippen LogP contribution in [0.4, 0.5) is 0 Å². The molecule has 0 fully saturated rings. The van der Waals surface area contributed by atoms with Crippen LogP contribution >= 0.6 is 0 Å². The van der Waals surface area contributed by atoms with Gasteiger partial charge in [0, 0.05) is 5.56 Å². The maximum atomic E-state index is 12.6.